The fourth-order valence-electron chi connectivity index (χ4n) is 1.79. The Morgan fingerprint density at radius 3 is 2.35 bits per heavy atom. The molecule has 0 aliphatic carbocycles. The van der Waals surface area contributed by atoms with Crippen LogP contribution in [0.3, 0.4) is 0 Å². The summed E-state index contributed by atoms with van der Waals surface area (Å²) in [6.07, 6.45) is 0. The number of esters is 1. The van der Waals surface area contributed by atoms with Gasteiger partial charge >= 0.3 is 16.1 Å². The van der Waals surface area contributed by atoms with Gasteiger partial charge < -0.3 is 13.7 Å². The van der Waals surface area contributed by atoms with Gasteiger partial charge in [-0.15, -0.1) is 0 Å². The van der Waals surface area contributed by atoms with Gasteiger partial charge in [-0.2, -0.15) is 8.42 Å². The summed E-state index contributed by atoms with van der Waals surface area (Å²) in [5.41, 5.74) is 0.218. The molecule has 0 saturated carbocycles. The van der Waals surface area contributed by atoms with Crippen LogP contribution in [-0.2, 0) is 14.9 Å². The molecular formula is C15H13BrO6S. The molecule has 2 aromatic carbocycles. The van der Waals surface area contributed by atoms with Crippen molar-refractivity contribution >= 4 is 32.0 Å². The van der Waals surface area contributed by atoms with Crippen molar-refractivity contribution in [2.45, 2.75) is 4.90 Å². The molecule has 0 N–H and O–H groups in total. The first-order valence-electron chi connectivity index (χ1n) is 6.34. The summed E-state index contributed by atoms with van der Waals surface area (Å²) >= 11 is 3.17. The summed E-state index contributed by atoms with van der Waals surface area (Å²) < 4.78 is 39.9. The minimum Gasteiger partial charge on any atom is -0.493 e. The molecule has 0 amide bonds. The minimum atomic E-state index is -4.06. The molecule has 0 unspecified atom stereocenters. The Labute approximate surface area is 142 Å². The van der Waals surface area contributed by atoms with Crippen LogP contribution in [0.15, 0.2) is 51.8 Å². The van der Waals surface area contributed by atoms with Crippen molar-refractivity contribution in [3.8, 4) is 11.5 Å². The maximum absolute atomic E-state index is 12.4. The van der Waals surface area contributed by atoms with E-state index >= 15 is 0 Å². The highest BCUT2D eigenvalue weighted by Crippen LogP contribution is 2.32. The van der Waals surface area contributed by atoms with E-state index in [1.165, 1.54) is 38.5 Å². The molecule has 0 spiro atoms. The van der Waals surface area contributed by atoms with Crippen molar-refractivity contribution in [2.24, 2.45) is 0 Å². The normalized spacial score (nSPS) is 10.9. The van der Waals surface area contributed by atoms with Gasteiger partial charge in [0.1, 0.15) is 4.90 Å². The lowest BCUT2D eigenvalue weighted by Gasteiger charge is -2.12. The van der Waals surface area contributed by atoms with Gasteiger partial charge in [0.2, 0.25) is 0 Å². The quantitative estimate of drug-likeness (QED) is 0.566. The number of halogens is 1. The third-order valence-corrected chi connectivity index (χ3v) is 5.14. The molecule has 0 bridgehead atoms. The predicted octanol–water partition coefficient (Wildman–Crippen LogP) is 3.01. The summed E-state index contributed by atoms with van der Waals surface area (Å²) in [5, 5.41) is 0. The molecule has 0 aliphatic rings. The monoisotopic (exact) mass is 400 g/mol. The number of ether oxygens (including phenoxy) is 2. The van der Waals surface area contributed by atoms with Gasteiger partial charge in [0, 0.05) is 4.47 Å². The van der Waals surface area contributed by atoms with E-state index in [9.17, 15) is 13.2 Å². The van der Waals surface area contributed by atoms with E-state index in [2.05, 4.69) is 20.7 Å². The molecule has 2 aromatic rings. The number of hydrogen-bond donors (Lipinski definition) is 0. The van der Waals surface area contributed by atoms with Crippen LogP contribution in [0.4, 0.5) is 0 Å². The predicted molar refractivity (Wildman–Crippen MR) is 86.3 cm³/mol. The number of methoxy groups -OCH3 is 2. The second-order valence-corrected chi connectivity index (χ2v) is 6.69. The molecule has 0 aliphatic heterocycles. The van der Waals surface area contributed by atoms with Crippen LogP contribution >= 0.6 is 15.9 Å². The topological polar surface area (TPSA) is 78.9 Å². The molecule has 0 radical (unpaired) electrons. The van der Waals surface area contributed by atoms with Gasteiger partial charge in [0.05, 0.1) is 19.8 Å². The van der Waals surface area contributed by atoms with E-state index in [4.69, 9.17) is 8.92 Å². The van der Waals surface area contributed by atoms with Crippen LogP contribution in [0, 0.1) is 0 Å². The molecule has 0 heterocycles. The molecule has 0 saturated heterocycles. The van der Waals surface area contributed by atoms with Crippen molar-refractivity contribution in [1.29, 1.82) is 0 Å². The van der Waals surface area contributed by atoms with Crippen LogP contribution in [0.25, 0.3) is 0 Å². The van der Waals surface area contributed by atoms with Gasteiger partial charge in [0.25, 0.3) is 0 Å². The van der Waals surface area contributed by atoms with Gasteiger partial charge in [-0.25, -0.2) is 4.79 Å². The Balaban J connectivity index is 2.40. The molecule has 8 heteroatoms. The number of carbonyl (C=O) groups is 1. The van der Waals surface area contributed by atoms with E-state index in [0.29, 0.717) is 4.47 Å². The summed E-state index contributed by atoms with van der Waals surface area (Å²) in [6.45, 7) is 0. The second-order valence-electron chi connectivity index (χ2n) is 4.33. The van der Waals surface area contributed by atoms with Crippen LogP contribution in [0.1, 0.15) is 10.4 Å². The Bertz CT molecular complexity index is 832. The van der Waals surface area contributed by atoms with Crippen LogP contribution in [-0.4, -0.2) is 28.6 Å². The SMILES string of the molecule is COC(=O)c1ccc(OS(=O)(=O)c2ccccc2Br)c(OC)c1. The molecule has 6 nitrogen and oxygen atoms in total. The molecule has 0 atom stereocenters. The second kappa shape index (κ2) is 7.01. The fraction of sp³-hybridized carbons (Fsp3) is 0.133. The first kappa shape index (κ1) is 17.3. The van der Waals surface area contributed by atoms with Crippen LogP contribution in [0.2, 0.25) is 0 Å². The highest BCUT2D eigenvalue weighted by molar-refractivity contribution is 9.10. The maximum Gasteiger partial charge on any atom is 0.340 e. The van der Waals surface area contributed by atoms with E-state index < -0.39 is 16.1 Å². The lowest BCUT2D eigenvalue weighted by atomic mass is 10.2. The Morgan fingerprint density at radius 2 is 1.74 bits per heavy atom. The van der Waals surface area contributed by atoms with E-state index in [1.807, 2.05) is 0 Å². The van der Waals surface area contributed by atoms with Gasteiger partial charge in [-0.05, 0) is 46.3 Å². The molecule has 0 aromatic heterocycles. The average molecular weight is 401 g/mol. The smallest absolute Gasteiger partial charge is 0.340 e. The van der Waals surface area contributed by atoms with E-state index in [1.54, 1.807) is 18.2 Å². The van der Waals surface area contributed by atoms with Crippen molar-refractivity contribution in [3.05, 3.63) is 52.5 Å². The largest absolute Gasteiger partial charge is 0.493 e. The molecular weight excluding hydrogens is 388 g/mol. The summed E-state index contributed by atoms with van der Waals surface area (Å²) in [5.74, 6) is -0.497. The van der Waals surface area contributed by atoms with Crippen molar-refractivity contribution < 1.29 is 26.9 Å². The Morgan fingerprint density at radius 1 is 1.04 bits per heavy atom. The number of carbonyl (C=O) groups excluding carboxylic acids is 1. The van der Waals surface area contributed by atoms with E-state index in [0.717, 1.165) is 0 Å². The van der Waals surface area contributed by atoms with Crippen molar-refractivity contribution in [3.63, 3.8) is 0 Å². The molecule has 122 valence electrons. The standard InChI is InChI=1S/C15H13BrO6S/c1-20-13-9-10(15(17)21-2)7-8-12(13)22-23(18,19)14-6-4-3-5-11(14)16/h3-9H,1-2H3. The molecule has 2 rings (SSSR count). The Kier molecular flexibility index (Phi) is 5.27. The Hall–Kier alpha value is -2.06. The lowest BCUT2D eigenvalue weighted by molar-refractivity contribution is 0.0600. The zero-order chi connectivity index (χ0) is 17.0. The van der Waals surface area contributed by atoms with E-state index in [-0.39, 0.29) is 22.0 Å². The van der Waals surface area contributed by atoms with Crippen molar-refractivity contribution in [2.75, 3.05) is 14.2 Å². The van der Waals surface area contributed by atoms with Gasteiger partial charge in [-0.3, -0.25) is 0 Å². The highest BCUT2D eigenvalue weighted by atomic mass is 79.9. The average Bonchev–Trinajstić information content (AvgIpc) is 2.54. The number of hydrogen-bond acceptors (Lipinski definition) is 6. The zero-order valence-electron chi connectivity index (χ0n) is 12.3. The molecule has 23 heavy (non-hydrogen) atoms. The van der Waals surface area contributed by atoms with Gasteiger partial charge in [-0.1, -0.05) is 12.1 Å². The third-order valence-electron chi connectivity index (χ3n) is 2.89. The number of benzene rings is 2. The first-order valence-corrected chi connectivity index (χ1v) is 8.54. The minimum absolute atomic E-state index is 0.0147. The summed E-state index contributed by atoms with van der Waals surface area (Å²) in [6, 6.07) is 10.3. The highest BCUT2D eigenvalue weighted by Gasteiger charge is 2.22. The zero-order valence-corrected chi connectivity index (χ0v) is 14.7. The number of rotatable bonds is 5. The molecule has 0 fully saturated rings. The first-order chi connectivity index (χ1) is 10.9. The van der Waals surface area contributed by atoms with Crippen molar-refractivity contribution in [1.82, 2.24) is 0 Å². The lowest BCUT2D eigenvalue weighted by Crippen LogP contribution is -2.11. The van der Waals surface area contributed by atoms with Crippen LogP contribution < -0.4 is 8.92 Å². The summed E-state index contributed by atoms with van der Waals surface area (Å²) in [4.78, 5) is 11.5. The van der Waals surface area contributed by atoms with Gasteiger partial charge in [0.15, 0.2) is 11.5 Å². The third kappa shape index (κ3) is 3.83. The summed E-state index contributed by atoms with van der Waals surface area (Å²) in [7, 11) is -1.47. The fourth-order valence-corrected chi connectivity index (χ4v) is 3.69. The van der Waals surface area contributed by atoms with Crippen LogP contribution in [0.5, 0.6) is 11.5 Å². The maximum atomic E-state index is 12.4.